The number of aliphatic hydroxyl groups excluding tert-OH is 2. The van der Waals surface area contributed by atoms with Crippen LogP contribution in [-0.4, -0.2) is 37.5 Å². The Morgan fingerprint density at radius 1 is 1.31 bits per heavy atom. The van der Waals surface area contributed by atoms with Crippen LogP contribution in [0.15, 0.2) is 0 Å². The summed E-state index contributed by atoms with van der Waals surface area (Å²) in [5, 5.41) is 18.8. The number of hydrogen-bond donors (Lipinski definition) is 4. The van der Waals surface area contributed by atoms with Crippen LogP contribution < -0.4 is 0 Å². The van der Waals surface area contributed by atoms with Crippen LogP contribution in [0.1, 0.15) is 13.8 Å². The molecule has 0 saturated heterocycles. The quantitative estimate of drug-likeness (QED) is 0.311. The molecule has 8 heteroatoms. The van der Waals surface area contributed by atoms with Crippen molar-refractivity contribution in [1.29, 1.82) is 0 Å². The highest BCUT2D eigenvalue weighted by molar-refractivity contribution is 7.94. The normalized spacial score (nSPS) is 15.3. The van der Waals surface area contributed by atoms with E-state index >= 15 is 0 Å². The standard InChI is InChI=1S/C5H12N2O4S2/c1-3(8)6(4(2)9)11-5(10)7(12)13/h3-4,8-9,12-13H,1-2H3. The zero-order valence-corrected chi connectivity index (χ0v) is 8.94. The number of thiol groups is 2. The first-order valence-corrected chi connectivity index (χ1v) is 4.20. The fraction of sp³-hybridized carbons (Fsp3) is 0.800. The number of amides is 1. The molecular formula is C5H12N2O4S2. The van der Waals surface area contributed by atoms with Crippen LogP contribution in [0.2, 0.25) is 0 Å². The van der Waals surface area contributed by atoms with Gasteiger partial charge in [0.15, 0.2) is 0 Å². The number of carbonyl (C=O) groups is 1. The molecule has 0 fully saturated rings. The molecule has 0 saturated carbocycles. The highest BCUT2D eigenvalue weighted by Gasteiger charge is 2.22. The maximum atomic E-state index is 10.8. The average molecular weight is 228 g/mol. The predicted molar refractivity (Wildman–Crippen MR) is 51.5 cm³/mol. The summed E-state index contributed by atoms with van der Waals surface area (Å²) >= 11 is 7.07. The van der Waals surface area contributed by atoms with Crippen molar-refractivity contribution in [3.05, 3.63) is 0 Å². The van der Waals surface area contributed by atoms with E-state index in [1.165, 1.54) is 13.8 Å². The SMILES string of the molecule is CC(O)N(OC(=O)N(S)S)C(C)O. The van der Waals surface area contributed by atoms with Crippen molar-refractivity contribution in [2.24, 2.45) is 0 Å². The second-order valence-corrected chi connectivity index (χ2v) is 3.39. The first-order valence-electron chi connectivity index (χ1n) is 3.40. The maximum absolute atomic E-state index is 10.8. The fourth-order valence-electron chi connectivity index (χ4n) is 0.591. The van der Waals surface area contributed by atoms with Crippen LogP contribution >= 0.6 is 25.6 Å². The largest absolute Gasteiger partial charge is 0.449 e. The molecule has 0 aliphatic heterocycles. The summed E-state index contributed by atoms with van der Waals surface area (Å²) in [7, 11) is 0. The Hall–Kier alpha value is -0.150. The molecule has 2 N–H and O–H groups in total. The number of aliphatic hydroxyl groups is 2. The third-order valence-corrected chi connectivity index (χ3v) is 1.41. The Morgan fingerprint density at radius 2 is 1.69 bits per heavy atom. The summed E-state index contributed by atoms with van der Waals surface area (Å²) < 4.78 is 0.581. The lowest BCUT2D eigenvalue weighted by Gasteiger charge is -2.26. The lowest BCUT2D eigenvalue weighted by Crippen LogP contribution is -2.42. The number of hydroxylamine groups is 2. The Morgan fingerprint density at radius 3 is 1.92 bits per heavy atom. The lowest BCUT2D eigenvalue weighted by molar-refractivity contribution is -0.256. The second-order valence-electron chi connectivity index (χ2n) is 2.27. The fourth-order valence-corrected chi connectivity index (χ4v) is 0.664. The Kier molecular flexibility index (Phi) is 5.49. The zero-order valence-electron chi connectivity index (χ0n) is 7.15. The summed E-state index contributed by atoms with van der Waals surface area (Å²) in [6, 6.07) is 0. The number of nitrogens with zero attached hydrogens (tertiary/aromatic N) is 2. The molecule has 0 aromatic rings. The van der Waals surface area contributed by atoms with Gasteiger partial charge in [-0.3, -0.25) is 0 Å². The van der Waals surface area contributed by atoms with Gasteiger partial charge in [0.05, 0.1) is 0 Å². The van der Waals surface area contributed by atoms with Crippen LogP contribution in [0.25, 0.3) is 0 Å². The van der Waals surface area contributed by atoms with E-state index in [1.807, 2.05) is 0 Å². The van der Waals surface area contributed by atoms with E-state index in [9.17, 15) is 4.79 Å². The molecule has 2 unspecified atom stereocenters. The highest BCUT2D eigenvalue weighted by Crippen LogP contribution is 2.07. The number of rotatable bonds is 3. The molecule has 0 aliphatic rings. The van der Waals surface area contributed by atoms with E-state index in [1.54, 1.807) is 0 Å². The minimum atomic E-state index is -1.12. The van der Waals surface area contributed by atoms with Gasteiger partial charge in [-0.15, -0.1) is 0 Å². The summed E-state index contributed by atoms with van der Waals surface area (Å²) in [5.41, 5.74) is 0. The van der Waals surface area contributed by atoms with Gasteiger partial charge in [-0.05, 0) is 39.5 Å². The molecular weight excluding hydrogens is 216 g/mol. The Balaban J connectivity index is 4.19. The molecule has 0 aliphatic carbocycles. The van der Waals surface area contributed by atoms with E-state index in [2.05, 4.69) is 30.5 Å². The van der Waals surface area contributed by atoms with Gasteiger partial charge in [0.1, 0.15) is 12.5 Å². The van der Waals surface area contributed by atoms with E-state index in [0.29, 0.717) is 8.77 Å². The first kappa shape index (κ1) is 12.8. The number of hydrogen-bond acceptors (Lipinski definition) is 7. The van der Waals surface area contributed by atoms with Crippen LogP contribution in [0.4, 0.5) is 4.79 Å². The van der Waals surface area contributed by atoms with Crippen molar-refractivity contribution in [2.45, 2.75) is 26.3 Å². The molecule has 2 atom stereocenters. The van der Waals surface area contributed by atoms with Crippen LogP contribution in [0, 0.1) is 0 Å². The Labute approximate surface area is 87.1 Å². The lowest BCUT2D eigenvalue weighted by atomic mass is 10.5. The van der Waals surface area contributed by atoms with Crippen molar-refractivity contribution in [3.8, 4) is 0 Å². The molecule has 0 bridgehead atoms. The van der Waals surface area contributed by atoms with Crippen molar-refractivity contribution in [2.75, 3.05) is 0 Å². The summed E-state index contributed by atoms with van der Waals surface area (Å²) in [6.45, 7) is 2.67. The van der Waals surface area contributed by atoms with Crippen molar-refractivity contribution < 1.29 is 19.8 Å². The molecule has 0 radical (unpaired) electrons. The molecule has 0 aromatic heterocycles. The summed E-state index contributed by atoms with van der Waals surface area (Å²) in [5.74, 6) is 0. The van der Waals surface area contributed by atoms with Gasteiger partial charge in [-0.2, -0.15) is 3.71 Å². The monoisotopic (exact) mass is 228 g/mol. The molecule has 0 aromatic carbocycles. The van der Waals surface area contributed by atoms with Gasteiger partial charge in [0, 0.05) is 0 Å². The van der Waals surface area contributed by atoms with Crippen molar-refractivity contribution >= 4 is 31.7 Å². The highest BCUT2D eigenvalue weighted by atomic mass is 32.2. The summed E-state index contributed by atoms with van der Waals surface area (Å²) in [4.78, 5) is 15.4. The second kappa shape index (κ2) is 5.55. The van der Waals surface area contributed by atoms with Gasteiger partial charge in [-0.1, -0.05) is 5.06 Å². The van der Waals surface area contributed by atoms with Crippen LogP contribution in [0.3, 0.4) is 0 Å². The maximum Gasteiger partial charge on any atom is 0.449 e. The topological polar surface area (TPSA) is 73.2 Å². The average Bonchev–Trinajstić information content (AvgIpc) is 1.97. The molecule has 13 heavy (non-hydrogen) atoms. The molecule has 1 amide bonds. The molecule has 6 nitrogen and oxygen atoms in total. The van der Waals surface area contributed by atoms with E-state index < -0.39 is 18.5 Å². The van der Waals surface area contributed by atoms with Gasteiger partial charge >= 0.3 is 6.09 Å². The third kappa shape index (κ3) is 4.58. The number of carbonyl (C=O) groups excluding carboxylic acids is 1. The van der Waals surface area contributed by atoms with E-state index in [0.717, 1.165) is 0 Å². The smallest absolute Gasteiger partial charge is 0.375 e. The van der Waals surface area contributed by atoms with E-state index in [4.69, 9.17) is 10.2 Å². The van der Waals surface area contributed by atoms with Crippen molar-refractivity contribution in [3.63, 3.8) is 0 Å². The molecule has 0 rings (SSSR count). The molecule has 0 heterocycles. The minimum absolute atomic E-state index is 0.581. The third-order valence-electron chi connectivity index (χ3n) is 1.08. The van der Waals surface area contributed by atoms with Crippen molar-refractivity contribution in [1.82, 2.24) is 8.77 Å². The molecule has 78 valence electrons. The van der Waals surface area contributed by atoms with Crippen LogP contribution in [-0.2, 0) is 4.84 Å². The Bertz CT molecular complexity index is 168. The zero-order chi connectivity index (χ0) is 10.6. The van der Waals surface area contributed by atoms with Crippen LogP contribution in [0.5, 0.6) is 0 Å². The van der Waals surface area contributed by atoms with Gasteiger partial charge in [0.25, 0.3) is 0 Å². The molecule has 0 spiro atoms. The first-order chi connectivity index (χ1) is 5.86. The predicted octanol–water partition coefficient (Wildman–Crippen LogP) is 0.00820. The van der Waals surface area contributed by atoms with Gasteiger partial charge < -0.3 is 15.1 Å². The van der Waals surface area contributed by atoms with Gasteiger partial charge in [0.2, 0.25) is 0 Å². The summed E-state index contributed by atoms with van der Waals surface area (Å²) in [6.07, 6.45) is -3.16. The minimum Gasteiger partial charge on any atom is -0.375 e. The van der Waals surface area contributed by atoms with Gasteiger partial charge in [-0.25, -0.2) is 4.79 Å². The van der Waals surface area contributed by atoms with E-state index in [-0.39, 0.29) is 0 Å².